The molecule has 0 saturated carbocycles. The molecule has 0 aliphatic heterocycles. The highest BCUT2D eigenvalue weighted by atomic mass is 32.2. The van der Waals surface area contributed by atoms with Gasteiger partial charge in [0.15, 0.2) is 0 Å². The largest absolute Gasteiger partial charge is 0.494 e. The van der Waals surface area contributed by atoms with Gasteiger partial charge in [0.05, 0.1) is 17.2 Å². The molecule has 0 saturated heterocycles. The van der Waals surface area contributed by atoms with Crippen LogP contribution < -0.4 is 9.04 Å². The fourth-order valence-electron chi connectivity index (χ4n) is 2.10. The Kier molecular flexibility index (Phi) is 5.03. The Morgan fingerprint density at radius 3 is 2.09 bits per heavy atom. The predicted molar refractivity (Wildman–Crippen MR) is 84.2 cm³/mol. The second-order valence-electron chi connectivity index (χ2n) is 4.55. The van der Waals surface area contributed by atoms with Crippen LogP contribution in [0.15, 0.2) is 53.4 Å². The number of ether oxygens (including phenoxy) is 1. The van der Waals surface area contributed by atoms with Crippen LogP contribution >= 0.6 is 0 Å². The van der Waals surface area contributed by atoms with E-state index in [1.165, 1.54) is 16.4 Å². The number of rotatable bonds is 6. The molecular formula is C16H18FNO3S. The lowest BCUT2D eigenvalue weighted by Gasteiger charge is -2.23. The molecule has 0 radical (unpaired) electrons. The lowest BCUT2D eigenvalue weighted by atomic mass is 10.3. The fourth-order valence-corrected chi connectivity index (χ4v) is 3.57. The van der Waals surface area contributed by atoms with Gasteiger partial charge in [-0.15, -0.1) is 0 Å². The Hall–Kier alpha value is -2.08. The van der Waals surface area contributed by atoms with E-state index in [1.54, 1.807) is 31.2 Å². The van der Waals surface area contributed by atoms with Crippen molar-refractivity contribution >= 4 is 15.7 Å². The molecule has 2 aromatic rings. The summed E-state index contributed by atoms with van der Waals surface area (Å²) in [7, 11) is -3.72. The van der Waals surface area contributed by atoms with Crippen molar-refractivity contribution in [2.75, 3.05) is 17.5 Å². The minimum absolute atomic E-state index is 0.0598. The summed E-state index contributed by atoms with van der Waals surface area (Å²) in [4.78, 5) is 0.0598. The molecule has 2 rings (SSSR count). The maximum absolute atomic E-state index is 13.0. The van der Waals surface area contributed by atoms with Gasteiger partial charge in [-0.25, -0.2) is 12.8 Å². The van der Waals surface area contributed by atoms with Crippen LogP contribution in [-0.2, 0) is 10.0 Å². The topological polar surface area (TPSA) is 46.6 Å². The van der Waals surface area contributed by atoms with Gasteiger partial charge < -0.3 is 4.74 Å². The van der Waals surface area contributed by atoms with E-state index in [2.05, 4.69) is 0 Å². The molecular weight excluding hydrogens is 305 g/mol. The zero-order valence-corrected chi connectivity index (χ0v) is 13.3. The number of halogens is 1. The van der Waals surface area contributed by atoms with E-state index >= 15 is 0 Å². The average Bonchev–Trinajstić information content (AvgIpc) is 2.50. The molecule has 4 nitrogen and oxygen atoms in total. The SMILES string of the molecule is CCOc1ccc(N(CC)S(=O)(=O)c2ccc(F)cc2)cc1. The van der Waals surface area contributed by atoms with Crippen molar-refractivity contribution in [2.24, 2.45) is 0 Å². The van der Waals surface area contributed by atoms with E-state index in [-0.39, 0.29) is 11.4 Å². The third kappa shape index (κ3) is 3.39. The van der Waals surface area contributed by atoms with Crippen molar-refractivity contribution in [3.8, 4) is 5.75 Å². The van der Waals surface area contributed by atoms with Crippen LogP contribution in [-0.4, -0.2) is 21.6 Å². The highest BCUT2D eigenvalue weighted by Crippen LogP contribution is 2.25. The molecule has 22 heavy (non-hydrogen) atoms. The summed E-state index contributed by atoms with van der Waals surface area (Å²) < 4.78 is 44.9. The van der Waals surface area contributed by atoms with Crippen LogP contribution in [0.25, 0.3) is 0 Å². The molecule has 2 aromatic carbocycles. The Morgan fingerprint density at radius 2 is 1.59 bits per heavy atom. The van der Waals surface area contributed by atoms with Crippen LogP contribution in [0, 0.1) is 5.82 Å². The molecule has 6 heteroatoms. The molecule has 118 valence electrons. The molecule has 0 N–H and O–H groups in total. The van der Waals surface area contributed by atoms with Gasteiger partial charge in [0.2, 0.25) is 0 Å². The van der Waals surface area contributed by atoms with Crippen molar-refractivity contribution in [2.45, 2.75) is 18.7 Å². The molecule has 0 bridgehead atoms. The standard InChI is InChI=1S/C16H18FNO3S/c1-3-18(14-7-9-15(10-8-14)21-4-2)22(19,20)16-11-5-13(17)6-12-16/h5-12H,3-4H2,1-2H3. The molecule has 0 unspecified atom stereocenters. The van der Waals surface area contributed by atoms with Crippen LogP contribution in [0.5, 0.6) is 5.75 Å². The maximum atomic E-state index is 13.0. The summed E-state index contributed by atoms with van der Waals surface area (Å²) in [6.07, 6.45) is 0. The molecule has 0 aliphatic carbocycles. The highest BCUT2D eigenvalue weighted by Gasteiger charge is 2.23. The first-order valence-electron chi connectivity index (χ1n) is 7.00. The van der Waals surface area contributed by atoms with E-state index in [4.69, 9.17) is 4.74 Å². The van der Waals surface area contributed by atoms with Gasteiger partial charge in [-0.3, -0.25) is 4.31 Å². The summed E-state index contributed by atoms with van der Waals surface area (Å²) >= 11 is 0. The van der Waals surface area contributed by atoms with E-state index in [1.807, 2.05) is 6.92 Å². The number of hydrogen-bond acceptors (Lipinski definition) is 3. The summed E-state index contributed by atoms with van der Waals surface area (Å²) in [5, 5.41) is 0. The van der Waals surface area contributed by atoms with Gasteiger partial charge in [0.1, 0.15) is 11.6 Å². The van der Waals surface area contributed by atoms with Crippen LogP contribution in [0.3, 0.4) is 0 Å². The average molecular weight is 323 g/mol. The van der Waals surface area contributed by atoms with Gasteiger partial charge in [0, 0.05) is 6.54 Å². The first kappa shape index (κ1) is 16.3. The minimum Gasteiger partial charge on any atom is -0.494 e. The molecule has 0 aliphatic rings. The monoisotopic (exact) mass is 323 g/mol. The smallest absolute Gasteiger partial charge is 0.264 e. The first-order chi connectivity index (χ1) is 10.5. The van der Waals surface area contributed by atoms with E-state index < -0.39 is 15.8 Å². The van der Waals surface area contributed by atoms with Crippen molar-refractivity contribution in [3.63, 3.8) is 0 Å². The normalized spacial score (nSPS) is 11.2. The first-order valence-corrected chi connectivity index (χ1v) is 8.44. The Labute approximate surface area is 130 Å². The number of benzene rings is 2. The maximum Gasteiger partial charge on any atom is 0.264 e. The lowest BCUT2D eigenvalue weighted by Crippen LogP contribution is -2.30. The molecule has 0 atom stereocenters. The van der Waals surface area contributed by atoms with Crippen LogP contribution in [0.4, 0.5) is 10.1 Å². The van der Waals surface area contributed by atoms with Gasteiger partial charge in [0.25, 0.3) is 10.0 Å². The Bertz CT molecular complexity index is 712. The number of nitrogens with zero attached hydrogens (tertiary/aromatic N) is 1. The molecule has 0 spiro atoms. The summed E-state index contributed by atoms with van der Waals surface area (Å²) in [5.41, 5.74) is 0.537. The second-order valence-corrected chi connectivity index (χ2v) is 6.41. The van der Waals surface area contributed by atoms with Gasteiger partial charge in [-0.2, -0.15) is 0 Å². The van der Waals surface area contributed by atoms with Crippen LogP contribution in [0.1, 0.15) is 13.8 Å². The van der Waals surface area contributed by atoms with Crippen molar-refractivity contribution in [1.82, 2.24) is 0 Å². The quantitative estimate of drug-likeness (QED) is 0.818. The van der Waals surface area contributed by atoms with E-state index in [0.717, 1.165) is 12.1 Å². The van der Waals surface area contributed by atoms with Gasteiger partial charge in [-0.05, 0) is 62.4 Å². The third-order valence-electron chi connectivity index (χ3n) is 3.12. The molecule has 0 fully saturated rings. The number of anilines is 1. The molecule has 0 amide bonds. The third-order valence-corrected chi connectivity index (χ3v) is 5.04. The van der Waals surface area contributed by atoms with Gasteiger partial charge >= 0.3 is 0 Å². The Balaban J connectivity index is 2.35. The van der Waals surface area contributed by atoms with E-state index in [9.17, 15) is 12.8 Å². The fraction of sp³-hybridized carbons (Fsp3) is 0.250. The zero-order chi connectivity index (χ0) is 16.2. The molecule has 0 heterocycles. The van der Waals surface area contributed by atoms with E-state index in [0.29, 0.717) is 18.0 Å². The second kappa shape index (κ2) is 6.79. The highest BCUT2D eigenvalue weighted by molar-refractivity contribution is 7.92. The summed E-state index contributed by atoms with van der Waals surface area (Å²) in [6.45, 7) is 4.45. The summed E-state index contributed by atoms with van der Waals surface area (Å²) in [6, 6.07) is 11.6. The number of hydrogen-bond donors (Lipinski definition) is 0. The zero-order valence-electron chi connectivity index (χ0n) is 12.5. The minimum atomic E-state index is -3.72. The van der Waals surface area contributed by atoms with Crippen molar-refractivity contribution in [1.29, 1.82) is 0 Å². The predicted octanol–water partition coefficient (Wildman–Crippen LogP) is 3.44. The number of sulfonamides is 1. The summed E-state index contributed by atoms with van der Waals surface area (Å²) in [5.74, 6) is 0.213. The Morgan fingerprint density at radius 1 is 1.00 bits per heavy atom. The van der Waals surface area contributed by atoms with Gasteiger partial charge in [-0.1, -0.05) is 0 Å². The lowest BCUT2D eigenvalue weighted by molar-refractivity contribution is 0.340. The van der Waals surface area contributed by atoms with Crippen molar-refractivity contribution in [3.05, 3.63) is 54.3 Å². The van der Waals surface area contributed by atoms with Crippen molar-refractivity contribution < 1.29 is 17.5 Å². The molecule has 0 aromatic heterocycles. The van der Waals surface area contributed by atoms with Crippen LogP contribution in [0.2, 0.25) is 0 Å².